The lowest BCUT2D eigenvalue weighted by atomic mass is 10.2. The molecule has 9 heavy (non-hydrogen) atoms. The molecule has 52 valence electrons. The van der Waals surface area contributed by atoms with Crippen LogP contribution in [-0.2, 0) is 4.79 Å². The monoisotopic (exact) mass is 127 g/mol. The zero-order valence-corrected chi connectivity index (χ0v) is 6.00. The van der Waals surface area contributed by atoms with E-state index in [0.29, 0.717) is 12.1 Å². The Hall–Kier alpha value is -0.530. The van der Waals surface area contributed by atoms with Crippen molar-refractivity contribution in [3.8, 4) is 0 Å². The number of hydrogen-bond acceptors (Lipinski definition) is 1. The molecule has 1 saturated heterocycles. The fraction of sp³-hybridized carbons (Fsp3) is 0.857. The standard InChI is InChI=1S/C7H13NO/c1-6-3-4-7(2)8(6)5-9/h5-7H,3-4H2,1-2H3. The van der Waals surface area contributed by atoms with Crippen LogP contribution in [0.4, 0.5) is 0 Å². The van der Waals surface area contributed by atoms with Crippen LogP contribution in [0.1, 0.15) is 26.7 Å². The Bertz CT molecular complexity index is 103. The molecule has 1 fully saturated rings. The Labute approximate surface area is 55.8 Å². The van der Waals surface area contributed by atoms with Gasteiger partial charge >= 0.3 is 0 Å². The summed E-state index contributed by atoms with van der Waals surface area (Å²) in [6.07, 6.45) is 3.29. The van der Waals surface area contributed by atoms with Crippen LogP contribution in [-0.4, -0.2) is 23.4 Å². The first-order valence-electron chi connectivity index (χ1n) is 3.48. The van der Waals surface area contributed by atoms with Crippen LogP contribution in [0.3, 0.4) is 0 Å². The average Bonchev–Trinajstić information content (AvgIpc) is 2.12. The smallest absolute Gasteiger partial charge is 0.210 e. The Kier molecular flexibility index (Phi) is 1.74. The number of carbonyl (C=O) groups is 1. The van der Waals surface area contributed by atoms with E-state index in [9.17, 15) is 4.79 Å². The molecule has 0 aliphatic carbocycles. The van der Waals surface area contributed by atoms with Gasteiger partial charge < -0.3 is 4.90 Å². The first-order valence-corrected chi connectivity index (χ1v) is 3.48. The van der Waals surface area contributed by atoms with Gasteiger partial charge in [-0.05, 0) is 26.7 Å². The Morgan fingerprint density at radius 2 is 1.78 bits per heavy atom. The van der Waals surface area contributed by atoms with Crippen LogP contribution >= 0.6 is 0 Å². The third-order valence-electron chi connectivity index (χ3n) is 2.14. The highest BCUT2D eigenvalue weighted by Crippen LogP contribution is 2.20. The summed E-state index contributed by atoms with van der Waals surface area (Å²) in [5, 5.41) is 0. The molecule has 0 radical (unpaired) electrons. The predicted octanol–water partition coefficient (Wildman–Crippen LogP) is 1.02. The minimum Gasteiger partial charge on any atom is -0.340 e. The number of carbonyl (C=O) groups excluding carboxylic acids is 1. The van der Waals surface area contributed by atoms with Crippen molar-refractivity contribution in [3.63, 3.8) is 0 Å². The maximum atomic E-state index is 10.4. The molecule has 2 atom stereocenters. The van der Waals surface area contributed by atoms with Gasteiger partial charge in [0.1, 0.15) is 0 Å². The van der Waals surface area contributed by atoms with Crippen molar-refractivity contribution in [1.82, 2.24) is 4.90 Å². The highest BCUT2D eigenvalue weighted by Gasteiger charge is 2.24. The van der Waals surface area contributed by atoms with E-state index in [2.05, 4.69) is 13.8 Å². The van der Waals surface area contributed by atoms with E-state index >= 15 is 0 Å². The maximum Gasteiger partial charge on any atom is 0.210 e. The van der Waals surface area contributed by atoms with Crippen molar-refractivity contribution in [2.24, 2.45) is 0 Å². The molecule has 0 aromatic rings. The molecule has 2 heteroatoms. The zero-order valence-electron chi connectivity index (χ0n) is 6.00. The summed E-state index contributed by atoms with van der Waals surface area (Å²) in [5.74, 6) is 0. The molecule has 1 amide bonds. The van der Waals surface area contributed by atoms with Gasteiger partial charge in [0.25, 0.3) is 0 Å². The molecule has 0 N–H and O–H groups in total. The fourth-order valence-corrected chi connectivity index (χ4v) is 1.42. The van der Waals surface area contributed by atoms with E-state index in [1.165, 1.54) is 12.8 Å². The number of hydrogen-bond donors (Lipinski definition) is 0. The molecule has 1 aliphatic heterocycles. The number of nitrogens with zero attached hydrogens (tertiary/aromatic N) is 1. The second-order valence-electron chi connectivity index (χ2n) is 2.83. The minimum absolute atomic E-state index is 0.470. The summed E-state index contributed by atoms with van der Waals surface area (Å²) >= 11 is 0. The molecule has 2 nitrogen and oxygen atoms in total. The second kappa shape index (κ2) is 2.38. The van der Waals surface area contributed by atoms with E-state index in [1.54, 1.807) is 0 Å². The number of amides is 1. The molecular weight excluding hydrogens is 114 g/mol. The third kappa shape index (κ3) is 1.07. The second-order valence-corrected chi connectivity index (χ2v) is 2.83. The van der Waals surface area contributed by atoms with Crippen LogP contribution in [0.2, 0.25) is 0 Å². The van der Waals surface area contributed by atoms with Gasteiger partial charge in [0.05, 0.1) is 0 Å². The summed E-state index contributed by atoms with van der Waals surface area (Å²) in [6.45, 7) is 4.19. The van der Waals surface area contributed by atoms with Gasteiger partial charge in [0.15, 0.2) is 0 Å². The van der Waals surface area contributed by atoms with Crippen molar-refractivity contribution in [2.75, 3.05) is 0 Å². The zero-order chi connectivity index (χ0) is 6.85. The van der Waals surface area contributed by atoms with E-state index < -0.39 is 0 Å². The molecule has 0 saturated carbocycles. The van der Waals surface area contributed by atoms with Crippen LogP contribution in [0.15, 0.2) is 0 Å². The van der Waals surface area contributed by atoms with Crippen molar-refractivity contribution in [2.45, 2.75) is 38.8 Å². The summed E-state index contributed by atoms with van der Waals surface area (Å²) in [6, 6.07) is 0.940. The predicted molar refractivity (Wildman–Crippen MR) is 36.1 cm³/mol. The van der Waals surface area contributed by atoms with Crippen LogP contribution in [0.5, 0.6) is 0 Å². The lowest BCUT2D eigenvalue weighted by molar-refractivity contribution is -0.120. The molecule has 1 rings (SSSR count). The van der Waals surface area contributed by atoms with Gasteiger partial charge in [0, 0.05) is 12.1 Å². The topological polar surface area (TPSA) is 20.3 Å². The largest absolute Gasteiger partial charge is 0.340 e. The SMILES string of the molecule is CC1CCC(C)N1C=O. The fourth-order valence-electron chi connectivity index (χ4n) is 1.42. The summed E-state index contributed by atoms with van der Waals surface area (Å²) in [5.41, 5.74) is 0. The third-order valence-corrected chi connectivity index (χ3v) is 2.14. The quantitative estimate of drug-likeness (QED) is 0.481. The lowest BCUT2D eigenvalue weighted by Gasteiger charge is -2.19. The van der Waals surface area contributed by atoms with Crippen molar-refractivity contribution < 1.29 is 4.79 Å². The van der Waals surface area contributed by atoms with E-state index in [1.807, 2.05) is 4.90 Å². The lowest BCUT2D eigenvalue weighted by Crippen LogP contribution is -2.30. The average molecular weight is 127 g/mol. The van der Waals surface area contributed by atoms with Crippen molar-refractivity contribution >= 4 is 6.41 Å². The van der Waals surface area contributed by atoms with Gasteiger partial charge in [0.2, 0.25) is 6.41 Å². The van der Waals surface area contributed by atoms with E-state index in [-0.39, 0.29) is 0 Å². The minimum atomic E-state index is 0.470. The summed E-state index contributed by atoms with van der Waals surface area (Å²) in [7, 11) is 0. The molecule has 0 aromatic heterocycles. The van der Waals surface area contributed by atoms with Gasteiger partial charge in [-0.3, -0.25) is 4.79 Å². The summed E-state index contributed by atoms with van der Waals surface area (Å²) < 4.78 is 0. The first-order chi connectivity index (χ1) is 4.25. The summed E-state index contributed by atoms with van der Waals surface area (Å²) in [4.78, 5) is 12.2. The van der Waals surface area contributed by atoms with Gasteiger partial charge in [-0.1, -0.05) is 0 Å². The van der Waals surface area contributed by atoms with Crippen LogP contribution in [0, 0.1) is 0 Å². The molecular formula is C7H13NO. The van der Waals surface area contributed by atoms with Gasteiger partial charge in [-0.15, -0.1) is 0 Å². The Morgan fingerprint density at radius 1 is 1.33 bits per heavy atom. The van der Waals surface area contributed by atoms with Crippen molar-refractivity contribution in [3.05, 3.63) is 0 Å². The molecule has 1 aliphatic rings. The maximum absolute atomic E-state index is 10.4. The highest BCUT2D eigenvalue weighted by molar-refractivity contribution is 5.48. The molecule has 0 aromatic carbocycles. The Balaban J connectivity index is 2.54. The Morgan fingerprint density at radius 3 is 2.00 bits per heavy atom. The number of rotatable bonds is 1. The number of likely N-dealkylation sites (tertiary alicyclic amines) is 1. The van der Waals surface area contributed by atoms with Crippen LogP contribution in [0.25, 0.3) is 0 Å². The molecule has 0 bridgehead atoms. The first kappa shape index (κ1) is 6.59. The molecule has 1 heterocycles. The van der Waals surface area contributed by atoms with Crippen molar-refractivity contribution in [1.29, 1.82) is 0 Å². The molecule has 0 spiro atoms. The van der Waals surface area contributed by atoms with E-state index in [0.717, 1.165) is 6.41 Å². The molecule has 2 unspecified atom stereocenters. The van der Waals surface area contributed by atoms with E-state index in [4.69, 9.17) is 0 Å². The van der Waals surface area contributed by atoms with Crippen LogP contribution < -0.4 is 0 Å². The highest BCUT2D eigenvalue weighted by atomic mass is 16.1. The van der Waals surface area contributed by atoms with Gasteiger partial charge in [-0.25, -0.2) is 0 Å². The van der Waals surface area contributed by atoms with Gasteiger partial charge in [-0.2, -0.15) is 0 Å². The normalized spacial score (nSPS) is 35.1.